The second-order valence-electron chi connectivity index (χ2n) is 8.45. The molecule has 2 aliphatic rings. The molecule has 2 saturated carbocycles. The summed E-state index contributed by atoms with van der Waals surface area (Å²) in [5, 5.41) is 4.01. The number of carbonyl (C=O) groups is 1. The van der Waals surface area contributed by atoms with Crippen LogP contribution in [0, 0.1) is 11.8 Å². The van der Waals surface area contributed by atoms with E-state index in [1.165, 1.54) is 32.1 Å². The van der Waals surface area contributed by atoms with E-state index in [1.54, 1.807) is 12.0 Å². The summed E-state index contributed by atoms with van der Waals surface area (Å²) in [6, 6.07) is 12.2. The van der Waals surface area contributed by atoms with Gasteiger partial charge < -0.3 is 14.5 Å². The monoisotopic (exact) mass is 421 g/mol. The first kappa shape index (κ1) is 19.5. The molecule has 0 unspecified atom stereocenters. The van der Waals surface area contributed by atoms with Crippen LogP contribution in [-0.2, 0) is 4.79 Å². The van der Waals surface area contributed by atoms with Gasteiger partial charge in [-0.3, -0.25) is 4.79 Å². The van der Waals surface area contributed by atoms with Gasteiger partial charge in [-0.15, -0.1) is 0 Å². The summed E-state index contributed by atoms with van der Waals surface area (Å²) in [4.78, 5) is 19.9. The molecule has 2 N–H and O–H groups in total. The topological polar surface area (TPSA) is 67.0 Å². The van der Waals surface area contributed by atoms with Gasteiger partial charge in [-0.1, -0.05) is 31.4 Å². The van der Waals surface area contributed by atoms with Crippen LogP contribution in [-0.4, -0.2) is 21.6 Å². The number of aromatic nitrogens is 2. The third-order valence-corrected chi connectivity index (χ3v) is 6.99. The molecule has 1 amide bonds. The fraction of sp³-hybridized carbons (Fsp3) is 0.417. The number of H-pyrrole nitrogens is 1. The van der Waals surface area contributed by atoms with Gasteiger partial charge in [0.15, 0.2) is 0 Å². The van der Waals surface area contributed by atoms with Gasteiger partial charge in [-0.2, -0.15) is 0 Å². The van der Waals surface area contributed by atoms with Crippen LogP contribution in [0.3, 0.4) is 0 Å². The highest BCUT2D eigenvalue weighted by Crippen LogP contribution is 2.34. The minimum absolute atomic E-state index is 0.0677. The first-order valence-electron chi connectivity index (χ1n) is 11.0. The summed E-state index contributed by atoms with van der Waals surface area (Å²) < 4.78 is 5.92. The van der Waals surface area contributed by atoms with Crippen LogP contribution in [0.4, 0.5) is 5.82 Å². The number of carbonyl (C=O) groups excluding carboxylic acids is 1. The highest BCUT2D eigenvalue weighted by molar-refractivity contribution is 7.95. The molecule has 0 aliphatic heterocycles. The van der Waals surface area contributed by atoms with Gasteiger partial charge in [0.2, 0.25) is 5.91 Å². The van der Waals surface area contributed by atoms with Crippen molar-refractivity contribution in [3.8, 4) is 16.9 Å². The lowest BCUT2D eigenvalue weighted by molar-refractivity contribution is -0.117. The quantitative estimate of drug-likeness (QED) is 0.447. The van der Waals surface area contributed by atoms with Crippen LogP contribution in [0.15, 0.2) is 42.6 Å². The van der Waals surface area contributed by atoms with Crippen LogP contribution in [0.5, 0.6) is 5.75 Å². The van der Waals surface area contributed by atoms with E-state index in [4.69, 9.17) is 4.18 Å². The molecule has 156 valence electrons. The van der Waals surface area contributed by atoms with Gasteiger partial charge in [-0.05, 0) is 67.0 Å². The lowest BCUT2D eigenvalue weighted by Crippen LogP contribution is -2.14. The molecular formula is C24H27N3O2S. The Labute approximate surface area is 181 Å². The number of fused-ring (bicyclic) bond motifs is 1. The number of aromatic amines is 1. The van der Waals surface area contributed by atoms with Gasteiger partial charge in [0.1, 0.15) is 17.2 Å². The molecule has 2 aliphatic carbocycles. The highest BCUT2D eigenvalue weighted by atomic mass is 32.2. The minimum Gasteiger partial charge on any atom is -0.426 e. The van der Waals surface area contributed by atoms with Crippen LogP contribution in [0.2, 0.25) is 0 Å². The number of anilines is 1. The molecule has 2 fully saturated rings. The van der Waals surface area contributed by atoms with Crippen molar-refractivity contribution in [1.82, 2.24) is 9.97 Å². The van der Waals surface area contributed by atoms with Crippen molar-refractivity contribution in [2.45, 2.75) is 44.9 Å². The number of nitrogens with zero attached hydrogens (tertiary/aromatic N) is 1. The van der Waals surface area contributed by atoms with E-state index in [-0.39, 0.29) is 11.8 Å². The Kier molecular flexibility index (Phi) is 5.67. The van der Waals surface area contributed by atoms with E-state index in [2.05, 4.69) is 27.4 Å². The Morgan fingerprint density at radius 2 is 1.90 bits per heavy atom. The number of hydrogen-bond acceptors (Lipinski definition) is 4. The molecule has 0 spiro atoms. The van der Waals surface area contributed by atoms with E-state index in [9.17, 15) is 4.79 Å². The largest absolute Gasteiger partial charge is 0.426 e. The normalized spacial score (nSPS) is 17.2. The highest BCUT2D eigenvalue weighted by Gasteiger charge is 2.30. The van der Waals surface area contributed by atoms with Crippen molar-refractivity contribution in [3.63, 3.8) is 0 Å². The Morgan fingerprint density at radius 1 is 1.10 bits per heavy atom. The Morgan fingerprint density at radius 3 is 2.67 bits per heavy atom. The number of benzene rings is 1. The molecule has 6 heteroatoms. The molecule has 2 heterocycles. The first-order valence-corrected chi connectivity index (χ1v) is 11.9. The molecule has 5 rings (SSSR count). The summed E-state index contributed by atoms with van der Waals surface area (Å²) in [5.41, 5.74) is 2.91. The van der Waals surface area contributed by atoms with Crippen molar-refractivity contribution < 1.29 is 8.98 Å². The second kappa shape index (κ2) is 8.72. The number of hydrogen-bond donors (Lipinski definition) is 2. The van der Waals surface area contributed by atoms with Crippen molar-refractivity contribution in [1.29, 1.82) is 0 Å². The number of nitrogens with one attached hydrogen (secondary N) is 2. The molecule has 0 bridgehead atoms. The van der Waals surface area contributed by atoms with Gasteiger partial charge in [0.25, 0.3) is 0 Å². The maximum atomic E-state index is 12.2. The van der Waals surface area contributed by atoms with Crippen LogP contribution in [0.1, 0.15) is 44.9 Å². The first-order chi connectivity index (χ1) is 14.8. The Balaban J connectivity index is 1.29. The van der Waals surface area contributed by atoms with E-state index in [1.807, 2.05) is 30.5 Å². The van der Waals surface area contributed by atoms with E-state index < -0.39 is 0 Å². The number of amides is 1. The maximum Gasteiger partial charge on any atom is 0.228 e. The zero-order valence-electron chi connectivity index (χ0n) is 17.0. The lowest BCUT2D eigenvalue weighted by Gasteiger charge is -2.20. The fourth-order valence-electron chi connectivity index (χ4n) is 4.16. The molecule has 3 aromatic rings. The smallest absolute Gasteiger partial charge is 0.228 e. The molecule has 0 atom stereocenters. The van der Waals surface area contributed by atoms with Gasteiger partial charge in [0, 0.05) is 23.3 Å². The summed E-state index contributed by atoms with van der Waals surface area (Å²) in [5.74, 6) is 3.56. The third kappa shape index (κ3) is 4.48. The maximum absolute atomic E-state index is 12.2. The van der Waals surface area contributed by atoms with Crippen molar-refractivity contribution in [2.24, 2.45) is 11.8 Å². The second-order valence-corrected chi connectivity index (χ2v) is 9.19. The van der Waals surface area contributed by atoms with Gasteiger partial charge in [-0.25, -0.2) is 4.98 Å². The number of rotatable bonds is 7. The van der Waals surface area contributed by atoms with Crippen LogP contribution < -0.4 is 9.50 Å². The third-order valence-electron chi connectivity index (χ3n) is 6.08. The molecule has 5 nitrogen and oxygen atoms in total. The Hall–Kier alpha value is -2.47. The predicted molar refractivity (Wildman–Crippen MR) is 123 cm³/mol. The minimum atomic E-state index is 0.0677. The molecule has 30 heavy (non-hydrogen) atoms. The summed E-state index contributed by atoms with van der Waals surface area (Å²) >= 11 is 1.57. The molecule has 0 saturated heterocycles. The molecule has 0 radical (unpaired) electrons. The molecular weight excluding hydrogens is 394 g/mol. The lowest BCUT2D eigenvalue weighted by atomic mass is 9.91. The standard InChI is InChI=1S/C24H27N3O2S/c28-24(18-6-7-18)27-22-14-21(20-12-13-25-23(20)26-22)17-8-10-19(11-9-17)29-30-15-16-4-2-1-3-5-16/h8-14,16,18H,1-7,15H2,(H2,25,26,27,28). The SMILES string of the molecule is O=C(Nc1cc(-c2ccc(OSCC3CCCCC3)cc2)c2cc[nH]c2n1)C1CC1. The number of pyridine rings is 1. The van der Waals surface area contributed by atoms with Crippen molar-refractivity contribution in [3.05, 3.63) is 42.6 Å². The predicted octanol–water partition coefficient (Wildman–Crippen LogP) is 6.19. The zero-order valence-corrected chi connectivity index (χ0v) is 17.8. The molecule has 2 aromatic heterocycles. The average Bonchev–Trinajstić information content (AvgIpc) is 3.53. The van der Waals surface area contributed by atoms with E-state index >= 15 is 0 Å². The van der Waals surface area contributed by atoms with Crippen molar-refractivity contribution in [2.75, 3.05) is 11.1 Å². The van der Waals surface area contributed by atoms with Crippen molar-refractivity contribution >= 4 is 34.8 Å². The van der Waals surface area contributed by atoms with Gasteiger partial charge >= 0.3 is 0 Å². The van der Waals surface area contributed by atoms with E-state index in [0.717, 1.165) is 52.4 Å². The summed E-state index contributed by atoms with van der Waals surface area (Å²) in [7, 11) is 0. The van der Waals surface area contributed by atoms with Gasteiger partial charge in [0.05, 0.1) is 12.0 Å². The fourth-order valence-corrected chi connectivity index (χ4v) is 5.00. The van der Waals surface area contributed by atoms with Crippen LogP contribution >= 0.6 is 12.0 Å². The summed E-state index contributed by atoms with van der Waals surface area (Å²) in [6.07, 6.45) is 10.6. The Bertz CT molecular complexity index is 1020. The van der Waals surface area contributed by atoms with Crippen LogP contribution in [0.25, 0.3) is 22.2 Å². The van der Waals surface area contributed by atoms with E-state index in [0.29, 0.717) is 5.82 Å². The zero-order chi connectivity index (χ0) is 20.3. The summed E-state index contributed by atoms with van der Waals surface area (Å²) in [6.45, 7) is 0. The molecule has 1 aromatic carbocycles. The average molecular weight is 422 g/mol.